The first-order valence-electron chi connectivity index (χ1n) is 7.54. The smallest absolute Gasteiger partial charge is 0.312 e. The number of nitrogens with one attached hydrogen (secondary N) is 1. The topological polar surface area (TPSA) is 56.0 Å². The van der Waals surface area contributed by atoms with Crippen LogP contribution in [0.15, 0.2) is 15.8 Å². The molecule has 0 radical (unpaired) electrons. The van der Waals surface area contributed by atoms with Crippen LogP contribution >= 0.6 is 0 Å². The Morgan fingerprint density at radius 1 is 1.20 bits per heavy atom. The van der Waals surface area contributed by atoms with Gasteiger partial charge >= 0.3 is 5.69 Å². The van der Waals surface area contributed by atoms with E-state index in [-0.39, 0.29) is 11.2 Å². The highest BCUT2D eigenvalue weighted by atomic mass is 16.2. The molecule has 2 saturated carbocycles. The van der Waals surface area contributed by atoms with Crippen molar-refractivity contribution in [2.75, 3.05) is 6.54 Å². The first kappa shape index (κ1) is 13.6. The molecule has 0 bridgehead atoms. The molecule has 1 aromatic rings. The van der Waals surface area contributed by atoms with Crippen LogP contribution in [0.3, 0.4) is 0 Å². The van der Waals surface area contributed by atoms with Crippen LogP contribution in [0.25, 0.3) is 0 Å². The summed E-state index contributed by atoms with van der Waals surface area (Å²) in [5, 5.41) is 3.43. The van der Waals surface area contributed by atoms with E-state index in [1.807, 2.05) is 0 Å². The summed E-state index contributed by atoms with van der Waals surface area (Å²) >= 11 is 0. The van der Waals surface area contributed by atoms with E-state index in [0.717, 1.165) is 24.3 Å². The molecular formula is C15H23N3O2. The van der Waals surface area contributed by atoms with Crippen molar-refractivity contribution < 1.29 is 0 Å². The van der Waals surface area contributed by atoms with Crippen LogP contribution in [0.1, 0.15) is 31.2 Å². The molecule has 0 saturated heterocycles. The van der Waals surface area contributed by atoms with Gasteiger partial charge in [0.25, 0.3) is 5.56 Å². The van der Waals surface area contributed by atoms with E-state index in [1.165, 1.54) is 41.9 Å². The van der Waals surface area contributed by atoms with Gasteiger partial charge in [0.15, 0.2) is 0 Å². The fourth-order valence-electron chi connectivity index (χ4n) is 3.14. The molecule has 2 aliphatic rings. The van der Waals surface area contributed by atoms with E-state index < -0.39 is 0 Å². The molecule has 1 N–H and O–H groups in total. The van der Waals surface area contributed by atoms with Crippen LogP contribution in [-0.2, 0) is 20.6 Å². The second-order valence-electron chi connectivity index (χ2n) is 6.38. The minimum atomic E-state index is -0.271. The molecule has 0 aromatic carbocycles. The van der Waals surface area contributed by atoms with Crippen molar-refractivity contribution in [2.45, 2.75) is 32.2 Å². The number of aryl methyl sites for hydroxylation is 1. The van der Waals surface area contributed by atoms with Crippen molar-refractivity contribution in [3.63, 3.8) is 0 Å². The van der Waals surface area contributed by atoms with E-state index in [9.17, 15) is 9.59 Å². The summed E-state index contributed by atoms with van der Waals surface area (Å²) in [6, 6.07) is 0. The number of rotatable bonds is 6. The third kappa shape index (κ3) is 2.73. The van der Waals surface area contributed by atoms with Crippen molar-refractivity contribution in [3.05, 3.63) is 32.6 Å². The Balaban J connectivity index is 1.63. The number of aromatic nitrogens is 2. The van der Waals surface area contributed by atoms with E-state index in [1.54, 1.807) is 13.2 Å². The van der Waals surface area contributed by atoms with Gasteiger partial charge in [0.05, 0.1) is 0 Å². The first-order valence-corrected chi connectivity index (χ1v) is 7.54. The average molecular weight is 277 g/mol. The normalized spacial score (nSPS) is 18.8. The molecule has 0 aliphatic heterocycles. The van der Waals surface area contributed by atoms with Gasteiger partial charge in [-0.15, -0.1) is 0 Å². The molecule has 2 fully saturated rings. The van der Waals surface area contributed by atoms with Gasteiger partial charge in [0, 0.05) is 32.4 Å². The molecule has 5 heteroatoms. The summed E-state index contributed by atoms with van der Waals surface area (Å²) in [6.45, 7) is 1.55. The van der Waals surface area contributed by atoms with Crippen LogP contribution in [-0.4, -0.2) is 15.7 Å². The summed E-state index contributed by atoms with van der Waals surface area (Å²) in [5.41, 5.74) is 0.211. The molecule has 0 unspecified atom stereocenters. The molecule has 0 spiro atoms. The summed E-state index contributed by atoms with van der Waals surface area (Å²) < 4.78 is 2.65. The van der Waals surface area contributed by atoms with Crippen molar-refractivity contribution in [1.29, 1.82) is 0 Å². The lowest BCUT2D eigenvalue weighted by Gasteiger charge is -2.16. The number of hydrogen-bond donors (Lipinski definition) is 1. The molecular weight excluding hydrogens is 254 g/mol. The predicted octanol–water partition coefficient (Wildman–Crippen LogP) is 0.610. The Hall–Kier alpha value is -1.36. The zero-order valence-electron chi connectivity index (χ0n) is 12.3. The molecule has 0 atom stereocenters. The van der Waals surface area contributed by atoms with Gasteiger partial charge in [-0.2, -0.15) is 0 Å². The van der Waals surface area contributed by atoms with E-state index in [2.05, 4.69) is 5.32 Å². The molecule has 5 nitrogen and oxygen atoms in total. The molecule has 0 amide bonds. The van der Waals surface area contributed by atoms with E-state index in [0.29, 0.717) is 12.1 Å². The lowest BCUT2D eigenvalue weighted by atomic mass is 9.98. The van der Waals surface area contributed by atoms with Crippen molar-refractivity contribution in [2.24, 2.45) is 31.8 Å². The van der Waals surface area contributed by atoms with Crippen LogP contribution in [0.5, 0.6) is 0 Å². The Morgan fingerprint density at radius 2 is 1.80 bits per heavy atom. The maximum atomic E-state index is 12.0. The third-order valence-electron chi connectivity index (χ3n) is 4.67. The van der Waals surface area contributed by atoms with Crippen LogP contribution in [0.2, 0.25) is 0 Å². The fraction of sp³-hybridized carbons (Fsp3) is 0.733. The number of hydrogen-bond acceptors (Lipinski definition) is 3. The van der Waals surface area contributed by atoms with E-state index >= 15 is 0 Å². The van der Waals surface area contributed by atoms with Crippen molar-refractivity contribution in [1.82, 2.24) is 14.5 Å². The SMILES string of the molecule is Cn1cc(CNCC(C2CC2)C2CC2)c(=O)n(C)c1=O. The van der Waals surface area contributed by atoms with Gasteiger partial charge in [0.1, 0.15) is 0 Å². The van der Waals surface area contributed by atoms with Gasteiger partial charge in [-0.3, -0.25) is 9.36 Å². The fourth-order valence-corrected chi connectivity index (χ4v) is 3.14. The lowest BCUT2D eigenvalue weighted by molar-refractivity contribution is 0.377. The van der Waals surface area contributed by atoms with Gasteiger partial charge in [-0.1, -0.05) is 0 Å². The average Bonchev–Trinajstić information content (AvgIpc) is 3.29. The highest BCUT2D eigenvalue weighted by molar-refractivity contribution is 5.05. The second kappa shape index (κ2) is 5.20. The van der Waals surface area contributed by atoms with Gasteiger partial charge in [-0.05, 0) is 50.0 Å². The molecule has 2 aliphatic carbocycles. The maximum Gasteiger partial charge on any atom is 0.330 e. The van der Waals surface area contributed by atoms with Crippen LogP contribution in [0, 0.1) is 17.8 Å². The quantitative estimate of drug-likeness (QED) is 0.829. The largest absolute Gasteiger partial charge is 0.330 e. The van der Waals surface area contributed by atoms with E-state index in [4.69, 9.17) is 0 Å². The summed E-state index contributed by atoms with van der Waals surface area (Å²) in [7, 11) is 3.22. The predicted molar refractivity (Wildman–Crippen MR) is 77.6 cm³/mol. The minimum absolute atomic E-state index is 0.185. The monoisotopic (exact) mass is 277 g/mol. The Morgan fingerprint density at radius 3 is 2.35 bits per heavy atom. The van der Waals surface area contributed by atoms with Crippen molar-refractivity contribution >= 4 is 0 Å². The maximum absolute atomic E-state index is 12.0. The Bertz CT molecular complexity index is 597. The Kier molecular flexibility index (Phi) is 3.54. The minimum Gasteiger partial charge on any atom is -0.312 e. The standard InChI is InChI=1S/C15H23N3O2/c1-17-9-12(14(19)18(2)15(17)20)7-16-8-13(10-3-4-10)11-5-6-11/h9-11,13,16H,3-8H2,1-2H3. The lowest BCUT2D eigenvalue weighted by Crippen LogP contribution is -2.40. The van der Waals surface area contributed by atoms with Gasteiger partial charge in [0.2, 0.25) is 0 Å². The molecule has 110 valence electrons. The summed E-state index contributed by atoms with van der Waals surface area (Å²) in [5.74, 6) is 2.63. The zero-order chi connectivity index (χ0) is 14.3. The number of nitrogens with zero attached hydrogens (tertiary/aromatic N) is 2. The Labute approximate surface area is 118 Å². The first-order chi connectivity index (χ1) is 9.58. The summed E-state index contributed by atoms with van der Waals surface area (Å²) in [4.78, 5) is 23.6. The molecule has 3 rings (SSSR count). The van der Waals surface area contributed by atoms with Crippen LogP contribution in [0.4, 0.5) is 0 Å². The highest BCUT2D eigenvalue weighted by Gasteiger charge is 2.40. The van der Waals surface area contributed by atoms with Gasteiger partial charge < -0.3 is 9.88 Å². The third-order valence-corrected chi connectivity index (χ3v) is 4.67. The van der Waals surface area contributed by atoms with Gasteiger partial charge in [-0.25, -0.2) is 4.79 Å². The molecule has 1 heterocycles. The van der Waals surface area contributed by atoms with Crippen molar-refractivity contribution in [3.8, 4) is 0 Å². The second-order valence-corrected chi connectivity index (χ2v) is 6.38. The molecule has 1 aromatic heterocycles. The van der Waals surface area contributed by atoms with Crippen LogP contribution < -0.4 is 16.6 Å². The zero-order valence-corrected chi connectivity index (χ0v) is 12.3. The summed E-state index contributed by atoms with van der Waals surface area (Å²) in [6.07, 6.45) is 7.17. The molecule has 20 heavy (non-hydrogen) atoms. The highest BCUT2D eigenvalue weighted by Crippen LogP contribution is 2.48.